The summed E-state index contributed by atoms with van der Waals surface area (Å²) in [4.78, 5) is 2.31. The van der Waals surface area contributed by atoms with E-state index in [1.165, 1.54) is 38.4 Å². The van der Waals surface area contributed by atoms with Crippen LogP contribution in [0.1, 0.15) is 0 Å². The SMILES string of the molecule is c1ccc(-c2ccc(-c3ccc(N(c4ccccc4)c4ccc(-c5cc6oc7ccccc7c6c6ccccc56)cc4)cc3)cc2)cc1. The van der Waals surface area contributed by atoms with E-state index in [-0.39, 0.29) is 0 Å². The van der Waals surface area contributed by atoms with Crippen LogP contribution in [0.4, 0.5) is 17.1 Å². The topological polar surface area (TPSA) is 16.4 Å². The second-order valence-electron chi connectivity index (χ2n) is 12.1. The molecule has 8 aromatic carbocycles. The highest BCUT2D eigenvalue weighted by atomic mass is 16.3. The van der Waals surface area contributed by atoms with E-state index in [1.807, 2.05) is 12.1 Å². The maximum atomic E-state index is 6.36. The molecule has 0 aliphatic rings. The summed E-state index contributed by atoms with van der Waals surface area (Å²) in [6.07, 6.45) is 0. The molecular weight excluding hydrogens is 583 g/mol. The van der Waals surface area contributed by atoms with Crippen molar-refractivity contribution in [3.63, 3.8) is 0 Å². The van der Waals surface area contributed by atoms with Crippen molar-refractivity contribution in [1.82, 2.24) is 0 Å². The van der Waals surface area contributed by atoms with Crippen molar-refractivity contribution in [2.24, 2.45) is 0 Å². The third-order valence-electron chi connectivity index (χ3n) is 9.29. The Labute approximate surface area is 279 Å². The molecule has 0 fully saturated rings. The molecule has 1 heterocycles. The number of rotatable bonds is 6. The fourth-order valence-electron chi connectivity index (χ4n) is 6.93. The molecule has 0 atom stereocenters. The lowest BCUT2D eigenvalue weighted by molar-refractivity contribution is 0.669. The Bertz CT molecular complexity index is 2510. The smallest absolute Gasteiger partial charge is 0.136 e. The Hall–Kier alpha value is -6.38. The van der Waals surface area contributed by atoms with Crippen LogP contribution >= 0.6 is 0 Å². The molecule has 0 radical (unpaired) electrons. The summed E-state index contributed by atoms with van der Waals surface area (Å²) in [6.45, 7) is 0. The fraction of sp³-hybridized carbons (Fsp3) is 0. The third-order valence-corrected chi connectivity index (χ3v) is 9.29. The lowest BCUT2D eigenvalue weighted by Crippen LogP contribution is -2.09. The van der Waals surface area contributed by atoms with Gasteiger partial charge in [-0.25, -0.2) is 0 Å². The van der Waals surface area contributed by atoms with Crippen molar-refractivity contribution >= 4 is 49.8 Å². The molecule has 0 amide bonds. The van der Waals surface area contributed by atoms with Crippen molar-refractivity contribution in [3.8, 4) is 33.4 Å². The standard InChI is InChI=1S/C46H31NO/c1-3-11-32(12-4-1)33-19-21-34(22-20-33)35-23-27-38(28-24-35)47(37-13-5-2-6-14-37)39-29-25-36(26-30-39)43-31-45-46(41-16-8-7-15-40(41)43)42-17-9-10-18-44(42)48-45/h1-31H. The predicted molar refractivity (Wildman–Crippen MR) is 202 cm³/mol. The molecule has 2 nitrogen and oxygen atoms in total. The number of furan rings is 1. The summed E-state index contributed by atoms with van der Waals surface area (Å²) in [5, 5.41) is 4.75. The molecule has 226 valence electrons. The number of anilines is 3. The Balaban J connectivity index is 1.08. The van der Waals surface area contributed by atoms with Gasteiger partial charge in [-0.2, -0.15) is 0 Å². The van der Waals surface area contributed by atoms with Crippen LogP contribution < -0.4 is 4.90 Å². The number of hydrogen-bond acceptors (Lipinski definition) is 2. The van der Waals surface area contributed by atoms with Gasteiger partial charge < -0.3 is 9.32 Å². The van der Waals surface area contributed by atoms with E-state index < -0.39 is 0 Å². The molecule has 0 bridgehead atoms. The molecule has 0 spiro atoms. The maximum absolute atomic E-state index is 6.36. The first-order chi connectivity index (χ1) is 23.8. The van der Waals surface area contributed by atoms with Crippen LogP contribution in [0, 0.1) is 0 Å². The molecule has 9 rings (SSSR count). The van der Waals surface area contributed by atoms with Crippen LogP contribution in [-0.4, -0.2) is 0 Å². The molecule has 9 aromatic rings. The normalized spacial score (nSPS) is 11.3. The van der Waals surface area contributed by atoms with Crippen molar-refractivity contribution in [3.05, 3.63) is 188 Å². The molecule has 48 heavy (non-hydrogen) atoms. The average Bonchev–Trinajstić information content (AvgIpc) is 3.55. The zero-order valence-electron chi connectivity index (χ0n) is 26.3. The van der Waals surface area contributed by atoms with Gasteiger partial charge in [0.05, 0.1) is 0 Å². The number of hydrogen-bond donors (Lipinski definition) is 0. The van der Waals surface area contributed by atoms with Gasteiger partial charge in [-0.05, 0) is 92.7 Å². The van der Waals surface area contributed by atoms with E-state index >= 15 is 0 Å². The first-order valence-electron chi connectivity index (χ1n) is 16.3. The minimum Gasteiger partial charge on any atom is -0.456 e. The van der Waals surface area contributed by atoms with Gasteiger partial charge in [0, 0.05) is 27.8 Å². The number of benzene rings is 8. The first-order valence-corrected chi connectivity index (χ1v) is 16.3. The zero-order valence-corrected chi connectivity index (χ0v) is 26.3. The zero-order chi connectivity index (χ0) is 31.9. The fourth-order valence-corrected chi connectivity index (χ4v) is 6.93. The minimum atomic E-state index is 0.912. The van der Waals surface area contributed by atoms with Crippen LogP contribution in [0.3, 0.4) is 0 Å². The maximum Gasteiger partial charge on any atom is 0.136 e. The Morgan fingerprint density at radius 2 is 0.750 bits per heavy atom. The van der Waals surface area contributed by atoms with Crippen LogP contribution in [0.5, 0.6) is 0 Å². The Kier molecular flexibility index (Phi) is 6.84. The van der Waals surface area contributed by atoms with Crippen LogP contribution in [0.2, 0.25) is 0 Å². The number of nitrogens with zero attached hydrogens (tertiary/aromatic N) is 1. The van der Waals surface area contributed by atoms with E-state index in [1.54, 1.807) is 0 Å². The van der Waals surface area contributed by atoms with Crippen LogP contribution in [0.25, 0.3) is 66.1 Å². The predicted octanol–water partition coefficient (Wildman–Crippen LogP) is 13.2. The van der Waals surface area contributed by atoms with Crippen molar-refractivity contribution in [1.29, 1.82) is 0 Å². The van der Waals surface area contributed by atoms with Gasteiger partial charge in [-0.15, -0.1) is 0 Å². The van der Waals surface area contributed by atoms with Crippen LogP contribution in [0.15, 0.2) is 192 Å². The van der Waals surface area contributed by atoms with Gasteiger partial charge in [-0.3, -0.25) is 0 Å². The molecular formula is C46H31NO. The van der Waals surface area contributed by atoms with E-state index in [9.17, 15) is 0 Å². The van der Waals surface area contributed by atoms with E-state index in [2.05, 4.69) is 181 Å². The van der Waals surface area contributed by atoms with Gasteiger partial charge in [0.15, 0.2) is 0 Å². The lowest BCUT2D eigenvalue weighted by atomic mass is 9.94. The van der Waals surface area contributed by atoms with Gasteiger partial charge in [0.2, 0.25) is 0 Å². The molecule has 2 heteroatoms. The van der Waals surface area contributed by atoms with Crippen molar-refractivity contribution in [2.75, 3.05) is 4.90 Å². The van der Waals surface area contributed by atoms with Gasteiger partial charge in [0.25, 0.3) is 0 Å². The first kappa shape index (κ1) is 27.9. The minimum absolute atomic E-state index is 0.912. The molecule has 0 saturated carbocycles. The summed E-state index contributed by atoms with van der Waals surface area (Å²) in [7, 11) is 0. The Morgan fingerprint density at radius 3 is 1.38 bits per heavy atom. The highest BCUT2D eigenvalue weighted by molar-refractivity contribution is 6.22. The van der Waals surface area contributed by atoms with E-state index in [0.29, 0.717) is 0 Å². The van der Waals surface area contributed by atoms with Crippen molar-refractivity contribution in [2.45, 2.75) is 0 Å². The van der Waals surface area contributed by atoms with E-state index in [4.69, 9.17) is 4.42 Å². The van der Waals surface area contributed by atoms with Crippen LogP contribution in [-0.2, 0) is 0 Å². The van der Waals surface area contributed by atoms with Gasteiger partial charge >= 0.3 is 0 Å². The molecule has 1 aromatic heterocycles. The number of para-hydroxylation sites is 2. The third kappa shape index (κ3) is 4.92. The highest BCUT2D eigenvalue weighted by Gasteiger charge is 2.16. The van der Waals surface area contributed by atoms with Crippen molar-refractivity contribution < 1.29 is 4.42 Å². The monoisotopic (exact) mass is 613 g/mol. The molecule has 0 unspecified atom stereocenters. The quantitative estimate of drug-likeness (QED) is 0.185. The summed E-state index contributed by atoms with van der Waals surface area (Å²) >= 11 is 0. The molecule has 0 N–H and O–H groups in total. The summed E-state index contributed by atoms with van der Waals surface area (Å²) in [5.74, 6) is 0. The highest BCUT2D eigenvalue weighted by Crippen LogP contribution is 2.41. The molecule has 0 saturated heterocycles. The lowest BCUT2D eigenvalue weighted by Gasteiger charge is -2.26. The molecule has 0 aliphatic carbocycles. The summed E-state index contributed by atoms with van der Waals surface area (Å²) in [5.41, 5.74) is 12.3. The summed E-state index contributed by atoms with van der Waals surface area (Å²) < 4.78 is 6.36. The van der Waals surface area contributed by atoms with Gasteiger partial charge in [-0.1, -0.05) is 140 Å². The average molecular weight is 614 g/mol. The van der Waals surface area contributed by atoms with E-state index in [0.717, 1.165) is 44.7 Å². The van der Waals surface area contributed by atoms with Gasteiger partial charge in [0.1, 0.15) is 11.2 Å². The second kappa shape index (κ2) is 11.8. The Morgan fingerprint density at radius 1 is 0.312 bits per heavy atom. The largest absolute Gasteiger partial charge is 0.456 e. The second-order valence-corrected chi connectivity index (χ2v) is 12.1. The molecule has 0 aliphatic heterocycles. The summed E-state index contributed by atoms with van der Waals surface area (Å²) in [6, 6.07) is 66.8. The number of fused-ring (bicyclic) bond motifs is 5.